The van der Waals surface area contributed by atoms with E-state index in [1.165, 1.54) is 11.8 Å². The lowest BCUT2D eigenvalue weighted by molar-refractivity contribution is -0.120. The fourth-order valence-electron chi connectivity index (χ4n) is 3.36. The van der Waals surface area contributed by atoms with E-state index in [4.69, 9.17) is 11.6 Å². The van der Waals surface area contributed by atoms with Crippen LogP contribution in [-0.2, 0) is 4.79 Å². The van der Waals surface area contributed by atoms with Crippen LogP contribution in [0.5, 0.6) is 0 Å². The van der Waals surface area contributed by atoms with Crippen LogP contribution in [0.15, 0.2) is 64.9 Å². The molecule has 0 atom stereocenters. The van der Waals surface area contributed by atoms with Gasteiger partial charge in [-0.15, -0.1) is 0 Å². The summed E-state index contributed by atoms with van der Waals surface area (Å²) >= 11 is 7.46. The Hall–Kier alpha value is -2.64. The number of halogens is 1. The van der Waals surface area contributed by atoms with Crippen LogP contribution in [0, 0.1) is 12.8 Å². The molecule has 1 saturated heterocycles. The van der Waals surface area contributed by atoms with Gasteiger partial charge in [-0.3, -0.25) is 4.79 Å². The van der Waals surface area contributed by atoms with E-state index in [0.29, 0.717) is 10.8 Å². The molecule has 1 aliphatic rings. The molecule has 3 heterocycles. The molecule has 1 aromatic carbocycles. The van der Waals surface area contributed by atoms with Crippen molar-refractivity contribution in [1.29, 1.82) is 0 Å². The van der Waals surface area contributed by atoms with Crippen LogP contribution < -0.4 is 10.2 Å². The van der Waals surface area contributed by atoms with Crippen molar-refractivity contribution in [3.63, 3.8) is 0 Å². The van der Waals surface area contributed by atoms with Gasteiger partial charge in [0.1, 0.15) is 10.8 Å². The Morgan fingerprint density at radius 1 is 1.07 bits per heavy atom. The van der Waals surface area contributed by atoms with E-state index >= 15 is 0 Å². The molecular formula is C22H22ClN5OS. The number of aryl methyl sites for hydroxylation is 1. The number of aromatic nitrogens is 3. The Morgan fingerprint density at radius 3 is 2.50 bits per heavy atom. The van der Waals surface area contributed by atoms with Gasteiger partial charge in [0.05, 0.1) is 5.02 Å². The van der Waals surface area contributed by atoms with E-state index in [9.17, 15) is 4.79 Å². The number of amides is 1. The first-order valence-electron chi connectivity index (χ1n) is 9.81. The fraction of sp³-hybridized carbons (Fsp3) is 0.273. The van der Waals surface area contributed by atoms with Crippen molar-refractivity contribution in [2.75, 3.05) is 23.3 Å². The zero-order valence-electron chi connectivity index (χ0n) is 16.6. The van der Waals surface area contributed by atoms with Crippen LogP contribution in [0.4, 0.5) is 11.6 Å². The van der Waals surface area contributed by atoms with Gasteiger partial charge in [0, 0.05) is 42.5 Å². The Labute approximate surface area is 185 Å². The molecule has 6 nitrogen and oxygen atoms in total. The van der Waals surface area contributed by atoms with Gasteiger partial charge in [-0.2, -0.15) is 0 Å². The first-order valence-corrected chi connectivity index (χ1v) is 11.0. The fourth-order valence-corrected chi connectivity index (χ4v) is 4.35. The van der Waals surface area contributed by atoms with Crippen molar-refractivity contribution in [2.24, 2.45) is 5.92 Å². The third-order valence-corrected chi connectivity index (χ3v) is 6.24. The normalized spacial score (nSPS) is 14.5. The highest BCUT2D eigenvalue weighted by atomic mass is 35.5. The quantitative estimate of drug-likeness (QED) is 0.613. The highest BCUT2D eigenvalue weighted by molar-refractivity contribution is 7.99. The first kappa shape index (κ1) is 20.6. The number of rotatable bonds is 5. The summed E-state index contributed by atoms with van der Waals surface area (Å²) in [4.78, 5) is 29.2. The minimum absolute atomic E-state index is 0.00197. The van der Waals surface area contributed by atoms with Crippen molar-refractivity contribution in [1.82, 2.24) is 15.0 Å². The molecule has 0 saturated carbocycles. The van der Waals surface area contributed by atoms with E-state index < -0.39 is 0 Å². The summed E-state index contributed by atoms with van der Waals surface area (Å²) in [5, 5.41) is 4.31. The molecule has 1 N–H and O–H groups in total. The summed E-state index contributed by atoms with van der Waals surface area (Å²) in [6.07, 6.45) is 6.48. The predicted molar refractivity (Wildman–Crippen MR) is 120 cm³/mol. The van der Waals surface area contributed by atoms with Crippen molar-refractivity contribution in [3.05, 3.63) is 65.6 Å². The lowest BCUT2D eigenvalue weighted by Gasteiger charge is -2.32. The lowest BCUT2D eigenvalue weighted by Crippen LogP contribution is -2.39. The molecule has 1 fully saturated rings. The van der Waals surface area contributed by atoms with Crippen LogP contribution >= 0.6 is 23.4 Å². The predicted octanol–water partition coefficient (Wildman–Crippen LogP) is 4.84. The molecule has 30 heavy (non-hydrogen) atoms. The molecule has 2 aromatic heterocycles. The molecule has 154 valence electrons. The first-order chi connectivity index (χ1) is 14.6. The Bertz CT molecular complexity index is 1000. The molecule has 4 rings (SSSR count). The van der Waals surface area contributed by atoms with Crippen LogP contribution in [0.1, 0.15) is 18.4 Å². The van der Waals surface area contributed by atoms with Gasteiger partial charge in [0.25, 0.3) is 0 Å². The summed E-state index contributed by atoms with van der Waals surface area (Å²) < 4.78 is 0. The smallest absolute Gasteiger partial charge is 0.228 e. The molecule has 1 aliphatic heterocycles. The number of carbonyl (C=O) groups is 1. The Kier molecular flexibility index (Phi) is 6.50. The van der Waals surface area contributed by atoms with E-state index in [-0.39, 0.29) is 11.8 Å². The standard InChI is InChI=1S/C22H22ClN5OS/c1-15-2-5-18(6-3-15)30-22-20(24-10-11-25-22)28-12-8-16(9-13-28)21(29)27-19-7-4-17(23)14-26-19/h2-7,10-11,14,16H,8-9,12-13H2,1H3,(H,26,27,29). The summed E-state index contributed by atoms with van der Waals surface area (Å²) in [7, 11) is 0. The molecule has 0 bridgehead atoms. The summed E-state index contributed by atoms with van der Waals surface area (Å²) in [6.45, 7) is 3.59. The molecule has 3 aromatic rings. The summed E-state index contributed by atoms with van der Waals surface area (Å²) in [5.41, 5.74) is 1.23. The number of anilines is 2. The van der Waals surface area contributed by atoms with E-state index in [1.54, 1.807) is 36.3 Å². The minimum atomic E-state index is -0.0522. The largest absolute Gasteiger partial charge is 0.354 e. The maximum Gasteiger partial charge on any atom is 0.228 e. The third-order valence-electron chi connectivity index (χ3n) is 5.03. The maximum atomic E-state index is 12.6. The van der Waals surface area contributed by atoms with Gasteiger partial charge in [0.2, 0.25) is 5.91 Å². The number of benzene rings is 1. The van der Waals surface area contributed by atoms with E-state index in [0.717, 1.165) is 41.7 Å². The second-order valence-corrected chi connectivity index (χ2v) is 8.71. The van der Waals surface area contributed by atoms with Gasteiger partial charge >= 0.3 is 0 Å². The number of pyridine rings is 1. The zero-order chi connectivity index (χ0) is 20.9. The van der Waals surface area contributed by atoms with Gasteiger partial charge < -0.3 is 10.2 Å². The average molecular weight is 440 g/mol. The molecular weight excluding hydrogens is 418 g/mol. The van der Waals surface area contributed by atoms with Crippen LogP contribution in [0.25, 0.3) is 0 Å². The molecule has 0 unspecified atom stereocenters. The van der Waals surface area contributed by atoms with Gasteiger partial charge in [-0.05, 0) is 44.0 Å². The number of carbonyl (C=O) groups excluding carboxylic acids is 1. The molecule has 1 amide bonds. The second kappa shape index (κ2) is 9.45. The van der Waals surface area contributed by atoms with Crippen LogP contribution in [0.3, 0.4) is 0 Å². The number of piperidine rings is 1. The summed E-state index contributed by atoms with van der Waals surface area (Å²) in [5.74, 6) is 1.35. The topological polar surface area (TPSA) is 71.0 Å². The Balaban J connectivity index is 1.38. The average Bonchev–Trinajstić information content (AvgIpc) is 2.77. The van der Waals surface area contributed by atoms with E-state index in [2.05, 4.69) is 56.4 Å². The Morgan fingerprint density at radius 2 is 1.80 bits per heavy atom. The third kappa shape index (κ3) is 5.09. The van der Waals surface area contributed by atoms with Gasteiger partial charge in [-0.1, -0.05) is 41.1 Å². The minimum Gasteiger partial charge on any atom is -0.354 e. The number of hydrogen-bond acceptors (Lipinski definition) is 6. The SMILES string of the molecule is Cc1ccc(Sc2nccnc2N2CCC(C(=O)Nc3ccc(Cl)cn3)CC2)cc1. The van der Waals surface area contributed by atoms with E-state index in [1.807, 2.05) is 0 Å². The highest BCUT2D eigenvalue weighted by Crippen LogP contribution is 2.34. The van der Waals surface area contributed by atoms with Crippen LogP contribution in [0.2, 0.25) is 5.02 Å². The molecule has 0 aliphatic carbocycles. The monoisotopic (exact) mass is 439 g/mol. The van der Waals surface area contributed by atoms with Crippen LogP contribution in [-0.4, -0.2) is 33.9 Å². The highest BCUT2D eigenvalue weighted by Gasteiger charge is 2.27. The number of hydrogen-bond donors (Lipinski definition) is 1. The van der Waals surface area contributed by atoms with Crippen molar-refractivity contribution < 1.29 is 4.79 Å². The zero-order valence-corrected chi connectivity index (χ0v) is 18.2. The summed E-state index contributed by atoms with van der Waals surface area (Å²) in [6, 6.07) is 11.8. The molecule has 8 heteroatoms. The van der Waals surface area contributed by atoms with Gasteiger partial charge in [0.15, 0.2) is 5.82 Å². The van der Waals surface area contributed by atoms with Gasteiger partial charge in [-0.25, -0.2) is 15.0 Å². The number of nitrogens with zero attached hydrogens (tertiary/aromatic N) is 4. The van der Waals surface area contributed by atoms with Crippen molar-refractivity contribution in [3.8, 4) is 0 Å². The molecule has 0 radical (unpaired) electrons. The second-order valence-electron chi connectivity index (χ2n) is 7.21. The molecule has 0 spiro atoms. The van der Waals surface area contributed by atoms with Crippen molar-refractivity contribution in [2.45, 2.75) is 29.7 Å². The number of nitrogens with one attached hydrogen (secondary N) is 1. The lowest BCUT2D eigenvalue weighted by atomic mass is 9.96. The maximum absolute atomic E-state index is 12.6. The van der Waals surface area contributed by atoms with Crippen molar-refractivity contribution >= 4 is 40.9 Å².